The molecule has 20 rings (SSSR count). The van der Waals surface area contributed by atoms with E-state index < -0.39 is 134 Å². The molecule has 0 radical (unpaired) electrons. The van der Waals surface area contributed by atoms with Gasteiger partial charge >= 0.3 is 0 Å². The van der Waals surface area contributed by atoms with Crippen molar-refractivity contribution in [3.63, 3.8) is 0 Å². The first kappa shape index (κ1) is 38.3. The lowest BCUT2D eigenvalue weighted by Crippen LogP contribution is -2.61. The van der Waals surface area contributed by atoms with Gasteiger partial charge in [0, 0.05) is 77.8 Å². The molecule has 0 N–H and O–H groups in total. The van der Waals surface area contributed by atoms with E-state index in [2.05, 4.69) is 22.8 Å². The fourth-order valence-electron chi connectivity index (χ4n) is 15.1. The first-order valence-corrected chi connectivity index (χ1v) is 31.8. The van der Waals surface area contributed by atoms with Crippen LogP contribution in [-0.2, 0) is 0 Å². The molecule has 454 valence electrons. The van der Waals surface area contributed by atoms with Crippen molar-refractivity contribution in [3.05, 3.63) is 351 Å². The smallest absolute Gasteiger partial charge is 0.252 e. The average molecular weight is 1270 g/mol. The highest BCUT2D eigenvalue weighted by Gasteiger charge is 2.45. The van der Waals surface area contributed by atoms with Crippen molar-refractivity contribution in [1.82, 2.24) is 13.7 Å². The Morgan fingerprint density at radius 3 is 1.34 bits per heavy atom. The van der Waals surface area contributed by atoms with E-state index in [4.69, 9.17) is 6.85 Å². The minimum atomic E-state index is -1.01. The Labute approximate surface area is 596 Å². The molecule has 0 saturated carbocycles. The van der Waals surface area contributed by atoms with Crippen LogP contribution in [0.1, 0.15) is 34.3 Å². The number of fused-ring (bicyclic) bond motifs is 13. The minimum absolute atomic E-state index is 0.0526. The summed E-state index contributed by atoms with van der Waals surface area (Å²) in [5.41, 5.74) is 10.1. The van der Waals surface area contributed by atoms with Crippen molar-refractivity contribution in [2.75, 3.05) is 9.80 Å². The van der Waals surface area contributed by atoms with Gasteiger partial charge in [0.15, 0.2) is 0 Å². The normalized spacial score (nSPS) is 15.4. The lowest BCUT2D eigenvalue weighted by molar-refractivity contribution is 1.14. The maximum absolute atomic E-state index is 11.8. The molecule has 0 atom stereocenters. The number of aromatic nitrogens is 3. The van der Waals surface area contributed by atoms with E-state index in [0.717, 1.165) is 55.2 Å². The first-order valence-electron chi connectivity index (χ1n) is 42.3. The quantitative estimate of drug-likeness (QED) is 0.135. The summed E-state index contributed by atoms with van der Waals surface area (Å²) >= 11 is 0. The van der Waals surface area contributed by atoms with Gasteiger partial charge in [-0.3, -0.25) is 0 Å². The van der Waals surface area contributed by atoms with Crippen LogP contribution in [0, 0.1) is 11.3 Å². The molecule has 15 aromatic carbocycles. The fourth-order valence-corrected chi connectivity index (χ4v) is 15.1. The maximum Gasteiger partial charge on any atom is 0.252 e. The average Bonchev–Trinajstić information content (AvgIpc) is 1.68. The van der Waals surface area contributed by atoms with E-state index >= 15 is 0 Å². The Morgan fingerprint density at radius 2 is 0.745 bits per heavy atom. The van der Waals surface area contributed by atoms with Gasteiger partial charge in [0.05, 0.1) is 79.2 Å². The molecule has 2 aliphatic rings. The summed E-state index contributed by atoms with van der Waals surface area (Å²) in [5, 5.41) is 12.8. The summed E-state index contributed by atoms with van der Waals surface area (Å²) in [6, 6.07) is 58.3. The van der Waals surface area contributed by atoms with E-state index in [0.29, 0.717) is 44.8 Å². The van der Waals surface area contributed by atoms with Crippen molar-refractivity contribution in [1.29, 1.82) is 5.26 Å². The van der Waals surface area contributed by atoms with Gasteiger partial charge in [-0.25, -0.2) is 0 Å². The van der Waals surface area contributed by atoms with Crippen LogP contribution in [0.15, 0.2) is 345 Å². The first-order chi connectivity index (χ1) is 57.3. The standard InChI is InChI=1S/C91H57BN6/c93-58-59-48-68(96-84-42-22-17-36-77(84)90-72(37-23-43-85(90)96)63-30-11-4-12-31-63)54-69(49-59)97-87-55-67(94-80-38-18-13-32-73(80)74-33-14-19-39-81(74)94)45-47-79(87)92-78-46-44-64(60-24-5-1-6-25-60)53-86(78)98(70-51-65(61-26-7-2-8-27-61)50-66(52-70)62-28-9-3-10-29-62)89-57-71(56-88(97)91(89)92)95-82-40-20-15-34-75(82)76-35-16-21-41-83(76)95/h1-57H/i1D,5D,6D,13D,14D,15D,16D,18D,19D,20D,21D,24D,25D,32D,33D,34D,35D,38D,39D,40D,41D. The molecule has 2 aliphatic heterocycles. The molecule has 0 spiro atoms. The van der Waals surface area contributed by atoms with E-state index in [-0.39, 0.29) is 83.1 Å². The van der Waals surface area contributed by atoms with Crippen LogP contribution >= 0.6 is 0 Å². The topological polar surface area (TPSA) is 45.1 Å². The number of anilines is 6. The van der Waals surface area contributed by atoms with Gasteiger partial charge in [0.1, 0.15) is 0 Å². The molecule has 6 nitrogen and oxygen atoms in total. The van der Waals surface area contributed by atoms with Crippen molar-refractivity contribution in [2.45, 2.75) is 0 Å². The van der Waals surface area contributed by atoms with Gasteiger partial charge in [-0.05, 0) is 164 Å². The summed E-state index contributed by atoms with van der Waals surface area (Å²) in [7, 11) is 0. The number of rotatable bonds is 9. The third kappa shape index (κ3) is 8.48. The van der Waals surface area contributed by atoms with Gasteiger partial charge in [0.25, 0.3) is 6.71 Å². The van der Waals surface area contributed by atoms with Crippen LogP contribution in [0.4, 0.5) is 34.1 Å². The van der Waals surface area contributed by atoms with Crippen LogP contribution in [-0.4, -0.2) is 20.4 Å². The number of hydrogen-bond acceptors (Lipinski definition) is 3. The zero-order valence-electron chi connectivity index (χ0n) is 72.5. The lowest BCUT2D eigenvalue weighted by atomic mass is 9.33. The largest absolute Gasteiger partial charge is 0.311 e. The van der Waals surface area contributed by atoms with Crippen molar-refractivity contribution < 1.29 is 28.8 Å². The Bertz CT molecular complexity index is 7430. The molecule has 7 heteroatoms. The van der Waals surface area contributed by atoms with Crippen molar-refractivity contribution >= 4 is 123 Å². The summed E-state index contributed by atoms with van der Waals surface area (Å²) in [4.78, 5) is 3.86. The number of hydrogen-bond donors (Lipinski definition) is 0. The maximum atomic E-state index is 11.8. The Balaban J connectivity index is 0.999. The summed E-state index contributed by atoms with van der Waals surface area (Å²) in [5.74, 6) is 0. The lowest BCUT2D eigenvalue weighted by Gasteiger charge is -2.45. The van der Waals surface area contributed by atoms with Crippen LogP contribution in [0.25, 0.3) is 127 Å². The Hall–Kier alpha value is -13.1. The van der Waals surface area contributed by atoms with Gasteiger partial charge in [-0.15, -0.1) is 0 Å². The molecule has 5 heterocycles. The van der Waals surface area contributed by atoms with Crippen LogP contribution in [0.5, 0.6) is 0 Å². The molecule has 0 aliphatic carbocycles. The van der Waals surface area contributed by atoms with Gasteiger partial charge in [-0.1, -0.05) is 242 Å². The number of nitrogens with zero attached hydrogens (tertiary/aromatic N) is 6. The van der Waals surface area contributed by atoms with E-state index in [1.54, 1.807) is 48.5 Å². The van der Waals surface area contributed by atoms with Crippen LogP contribution in [0.3, 0.4) is 0 Å². The van der Waals surface area contributed by atoms with Gasteiger partial charge < -0.3 is 23.5 Å². The number of para-hydroxylation sites is 5. The van der Waals surface area contributed by atoms with E-state index in [1.807, 2.05) is 168 Å². The number of nitriles is 1. The van der Waals surface area contributed by atoms with E-state index in [1.165, 1.54) is 9.13 Å². The molecule has 0 amide bonds. The fraction of sp³-hybridized carbons (Fsp3) is 0. The van der Waals surface area contributed by atoms with Crippen molar-refractivity contribution in [3.8, 4) is 67.6 Å². The highest BCUT2D eigenvalue weighted by molar-refractivity contribution is 7.00. The monoisotopic (exact) mass is 1270 g/mol. The molecular weight excluding hydrogens is 1190 g/mol. The Kier molecular flexibility index (Phi) is 8.58. The minimum Gasteiger partial charge on any atom is -0.311 e. The molecule has 98 heavy (non-hydrogen) atoms. The van der Waals surface area contributed by atoms with Crippen LogP contribution < -0.4 is 26.2 Å². The molecule has 0 unspecified atom stereocenters. The van der Waals surface area contributed by atoms with Crippen molar-refractivity contribution in [2.24, 2.45) is 0 Å². The second-order valence-corrected chi connectivity index (χ2v) is 24.4. The summed E-state index contributed by atoms with van der Waals surface area (Å²) < 4.78 is 203. The predicted molar refractivity (Wildman–Crippen MR) is 410 cm³/mol. The Morgan fingerprint density at radius 1 is 0.286 bits per heavy atom. The molecule has 0 bridgehead atoms. The summed E-state index contributed by atoms with van der Waals surface area (Å²) in [6.45, 7) is -1.01. The zero-order chi connectivity index (χ0) is 82.8. The second kappa shape index (κ2) is 22.0. The third-order valence-corrected chi connectivity index (χ3v) is 19.1. The summed E-state index contributed by atoms with van der Waals surface area (Å²) in [6.07, 6.45) is 0. The van der Waals surface area contributed by atoms with Gasteiger partial charge in [-0.2, -0.15) is 5.26 Å². The molecule has 3 aromatic heterocycles. The second-order valence-electron chi connectivity index (χ2n) is 24.4. The SMILES string of the molecule is [2H]c1c([2H])c([2H])c(-c2ccc3c(c2)N(c2cc(-c4ccccc4)cc(-c4ccccc4)c2)c2cc(-n4c5c([2H])c([2H])c([2H])c([2H])c5c5c([2H])c([2H])c([2H])c([2H])c54)cc4c2B3c2ccc(-n3c5c([2H])c([2H])c([2H])c([2H])c5c5c([2H])c([2H])c([2H])c([2H])c53)cc2N4c2cc(C#N)cc(-n3c4ccccc4c4c(-c5ccccc5)cccc43)c2)c([2H])c1[2H]. The predicted octanol–water partition coefficient (Wildman–Crippen LogP) is 21.6. The highest BCUT2D eigenvalue weighted by Crippen LogP contribution is 2.50. The third-order valence-electron chi connectivity index (χ3n) is 19.1. The van der Waals surface area contributed by atoms with E-state index in [9.17, 15) is 27.2 Å². The molecular formula is C91H57BN6. The van der Waals surface area contributed by atoms with Crippen LogP contribution in [0.2, 0.25) is 0 Å². The molecule has 18 aromatic rings. The van der Waals surface area contributed by atoms with Gasteiger partial charge in [0.2, 0.25) is 0 Å². The zero-order valence-corrected chi connectivity index (χ0v) is 51.5. The number of benzene rings is 15. The molecule has 0 saturated heterocycles. The highest BCUT2D eigenvalue weighted by atomic mass is 15.2. The molecule has 0 fully saturated rings.